The average Bonchev–Trinajstić information content (AvgIpc) is 2.71. The van der Waals surface area contributed by atoms with E-state index in [0.29, 0.717) is 22.8 Å². The van der Waals surface area contributed by atoms with Gasteiger partial charge in [-0.05, 0) is 24.6 Å². The fourth-order valence-corrected chi connectivity index (χ4v) is 1.58. The maximum Gasteiger partial charge on any atom is 0.255 e. The molecular weight excluding hydrogens is 247 g/mol. The number of rotatable bonds is 3. The summed E-state index contributed by atoms with van der Waals surface area (Å²) in [5.74, 6) is 0.157. The summed E-state index contributed by atoms with van der Waals surface area (Å²) in [4.78, 5) is 3.99. The first-order chi connectivity index (χ1) is 8.06. The number of aromatic nitrogens is 2. The van der Waals surface area contributed by atoms with Gasteiger partial charge in [0.1, 0.15) is 11.9 Å². The third-order valence-electron chi connectivity index (χ3n) is 2.20. The van der Waals surface area contributed by atoms with Crippen molar-refractivity contribution in [3.63, 3.8) is 0 Å². The largest absolute Gasteiger partial charge is 0.384 e. The average molecular weight is 257 g/mol. The van der Waals surface area contributed by atoms with Crippen LogP contribution >= 0.6 is 11.6 Å². The highest BCUT2D eigenvalue weighted by Gasteiger charge is 2.12. The van der Waals surface area contributed by atoms with Crippen LogP contribution in [-0.4, -0.2) is 15.2 Å². The van der Waals surface area contributed by atoms with E-state index in [4.69, 9.17) is 16.1 Å². The van der Waals surface area contributed by atoms with E-state index in [9.17, 15) is 9.50 Å². The van der Waals surface area contributed by atoms with Crippen molar-refractivity contribution in [2.75, 3.05) is 0 Å². The van der Waals surface area contributed by atoms with Gasteiger partial charge < -0.3 is 9.63 Å². The second kappa shape index (κ2) is 4.81. The Morgan fingerprint density at radius 1 is 1.53 bits per heavy atom. The first-order valence-electron chi connectivity index (χ1n) is 5.00. The molecule has 0 saturated carbocycles. The zero-order valence-corrected chi connectivity index (χ0v) is 9.78. The highest BCUT2D eigenvalue weighted by molar-refractivity contribution is 6.31. The van der Waals surface area contributed by atoms with E-state index in [1.165, 1.54) is 19.1 Å². The van der Waals surface area contributed by atoms with Crippen LogP contribution in [-0.2, 0) is 6.42 Å². The van der Waals surface area contributed by atoms with Gasteiger partial charge in [0.05, 0.1) is 0 Å². The first kappa shape index (κ1) is 12.0. The van der Waals surface area contributed by atoms with Crippen molar-refractivity contribution in [1.29, 1.82) is 0 Å². The highest BCUT2D eigenvalue weighted by atomic mass is 35.5. The van der Waals surface area contributed by atoms with Crippen LogP contribution in [0.25, 0.3) is 0 Å². The van der Waals surface area contributed by atoms with E-state index in [1.54, 1.807) is 6.07 Å². The summed E-state index contributed by atoms with van der Waals surface area (Å²) in [6, 6.07) is 4.11. The van der Waals surface area contributed by atoms with Crippen molar-refractivity contribution < 1.29 is 14.0 Å². The van der Waals surface area contributed by atoms with Crippen LogP contribution in [0.4, 0.5) is 4.39 Å². The van der Waals surface area contributed by atoms with Crippen LogP contribution in [0.5, 0.6) is 0 Å². The summed E-state index contributed by atoms with van der Waals surface area (Å²) in [5, 5.41) is 13.2. The van der Waals surface area contributed by atoms with Gasteiger partial charge in [-0.3, -0.25) is 0 Å². The van der Waals surface area contributed by atoms with E-state index < -0.39 is 11.9 Å². The molecule has 1 heterocycles. The lowest BCUT2D eigenvalue weighted by molar-refractivity contribution is 0.151. The lowest BCUT2D eigenvalue weighted by Crippen LogP contribution is -1.95. The molecule has 0 bridgehead atoms. The van der Waals surface area contributed by atoms with Gasteiger partial charge in [-0.1, -0.05) is 22.8 Å². The molecule has 2 rings (SSSR count). The van der Waals surface area contributed by atoms with E-state index >= 15 is 0 Å². The topological polar surface area (TPSA) is 59.2 Å². The molecule has 0 spiro atoms. The Balaban J connectivity index is 2.19. The van der Waals surface area contributed by atoms with Crippen LogP contribution < -0.4 is 0 Å². The number of benzene rings is 1. The fraction of sp³-hybridized carbons (Fsp3) is 0.273. The molecule has 0 aliphatic heterocycles. The molecule has 0 amide bonds. The van der Waals surface area contributed by atoms with Gasteiger partial charge in [-0.2, -0.15) is 4.98 Å². The number of aliphatic hydroxyl groups excluding tert-OH is 1. The summed E-state index contributed by atoms with van der Waals surface area (Å²) in [5.41, 5.74) is 0.700. The highest BCUT2D eigenvalue weighted by Crippen LogP contribution is 2.20. The van der Waals surface area contributed by atoms with Crippen molar-refractivity contribution in [3.8, 4) is 0 Å². The summed E-state index contributed by atoms with van der Waals surface area (Å²) >= 11 is 5.87. The molecule has 2 aromatic rings. The molecule has 0 aliphatic carbocycles. The number of hydrogen-bond acceptors (Lipinski definition) is 4. The van der Waals surface area contributed by atoms with E-state index in [0.717, 1.165) is 0 Å². The number of halogens is 2. The lowest BCUT2D eigenvalue weighted by Gasteiger charge is -2.00. The van der Waals surface area contributed by atoms with Crippen LogP contribution in [0.3, 0.4) is 0 Å². The van der Waals surface area contributed by atoms with Crippen molar-refractivity contribution in [2.24, 2.45) is 0 Å². The van der Waals surface area contributed by atoms with Crippen molar-refractivity contribution in [1.82, 2.24) is 10.1 Å². The maximum atomic E-state index is 12.8. The molecule has 1 atom stereocenters. The molecule has 1 aromatic carbocycles. The van der Waals surface area contributed by atoms with Crippen molar-refractivity contribution >= 4 is 11.6 Å². The minimum Gasteiger partial charge on any atom is -0.384 e. The molecule has 6 heteroatoms. The zero-order valence-electron chi connectivity index (χ0n) is 9.02. The van der Waals surface area contributed by atoms with Gasteiger partial charge in [0, 0.05) is 11.4 Å². The Hall–Kier alpha value is -1.46. The van der Waals surface area contributed by atoms with Crippen LogP contribution in [0, 0.1) is 5.82 Å². The van der Waals surface area contributed by atoms with Crippen molar-refractivity contribution in [3.05, 3.63) is 46.3 Å². The predicted molar refractivity (Wildman–Crippen MR) is 59.1 cm³/mol. The molecule has 1 N–H and O–H groups in total. The standard InChI is InChI=1S/C11H10ClFN2O2/c1-6(16)11-14-10(15-17-11)4-7-2-3-8(13)5-9(7)12/h2-3,5-6,16H,4H2,1H3. The zero-order chi connectivity index (χ0) is 12.4. The smallest absolute Gasteiger partial charge is 0.255 e. The number of hydrogen-bond donors (Lipinski definition) is 1. The molecule has 0 aliphatic rings. The summed E-state index contributed by atoms with van der Waals surface area (Å²) < 4.78 is 17.7. The quantitative estimate of drug-likeness (QED) is 0.917. The van der Waals surface area contributed by atoms with Crippen molar-refractivity contribution in [2.45, 2.75) is 19.4 Å². The first-order valence-corrected chi connectivity index (χ1v) is 5.38. The Morgan fingerprint density at radius 3 is 2.88 bits per heavy atom. The molecule has 17 heavy (non-hydrogen) atoms. The molecule has 0 saturated heterocycles. The summed E-state index contributed by atoms with van der Waals surface area (Å²) in [7, 11) is 0. The number of nitrogens with zero attached hydrogens (tertiary/aromatic N) is 2. The molecule has 4 nitrogen and oxygen atoms in total. The van der Waals surface area contributed by atoms with E-state index in [-0.39, 0.29) is 5.89 Å². The van der Waals surface area contributed by atoms with Gasteiger partial charge in [-0.15, -0.1) is 0 Å². The Kier molecular flexibility index (Phi) is 3.40. The van der Waals surface area contributed by atoms with Gasteiger partial charge in [0.25, 0.3) is 5.89 Å². The Labute approximate surface area is 102 Å². The minimum atomic E-state index is -0.806. The van der Waals surface area contributed by atoms with Gasteiger partial charge in [-0.25, -0.2) is 4.39 Å². The summed E-state index contributed by atoms with van der Waals surface area (Å²) in [6.07, 6.45) is -0.477. The maximum absolute atomic E-state index is 12.8. The molecule has 1 aromatic heterocycles. The third kappa shape index (κ3) is 2.81. The minimum absolute atomic E-state index is 0.151. The second-order valence-electron chi connectivity index (χ2n) is 3.64. The fourth-order valence-electron chi connectivity index (χ4n) is 1.34. The molecule has 90 valence electrons. The molecule has 0 fully saturated rings. The van der Waals surface area contributed by atoms with Gasteiger partial charge in [0.2, 0.25) is 0 Å². The third-order valence-corrected chi connectivity index (χ3v) is 2.56. The normalized spacial score (nSPS) is 12.7. The van der Waals surface area contributed by atoms with Crippen LogP contribution in [0.2, 0.25) is 5.02 Å². The van der Waals surface area contributed by atoms with Crippen LogP contribution in [0.1, 0.15) is 30.3 Å². The lowest BCUT2D eigenvalue weighted by atomic mass is 10.1. The van der Waals surface area contributed by atoms with E-state index in [2.05, 4.69) is 10.1 Å². The molecular formula is C11H10ClFN2O2. The molecule has 0 radical (unpaired) electrons. The van der Waals surface area contributed by atoms with Gasteiger partial charge in [0.15, 0.2) is 5.82 Å². The van der Waals surface area contributed by atoms with E-state index in [1.807, 2.05) is 0 Å². The SMILES string of the molecule is CC(O)c1nc(Cc2ccc(F)cc2Cl)no1. The summed E-state index contributed by atoms with van der Waals surface area (Å²) in [6.45, 7) is 1.53. The van der Waals surface area contributed by atoms with Gasteiger partial charge >= 0.3 is 0 Å². The predicted octanol–water partition coefficient (Wildman–Crippen LogP) is 2.51. The monoisotopic (exact) mass is 256 g/mol. The Bertz CT molecular complexity index is 528. The van der Waals surface area contributed by atoms with Crippen LogP contribution in [0.15, 0.2) is 22.7 Å². The second-order valence-corrected chi connectivity index (χ2v) is 4.04. The number of aliphatic hydroxyl groups is 1. The Morgan fingerprint density at radius 2 is 2.29 bits per heavy atom. The molecule has 1 unspecified atom stereocenters.